The van der Waals surface area contributed by atoms with Crippen molar-refractivity contribution in [3.63, 3.8) is 0 Å². The summed E-state index contributed by atoms with van der Waals surface area (Å²) in [4.78, 5) is 16.0. The first-order chi connectivity index (χ1) is 8.84. The second kappa shape index (κ2) is 5.41. The van der Waals surface area contributed by atoms with E-state index in [0.29, 0.717) is 11.9 Å². The van der Waals surface area contributed by atoms with Gasteiger partial charge in [-0.15, -0.1) is 11.3 Å². The molecule has 18 heavy (non-hydrogen) atoms. The Morgan fingerprint density at radius 1 is 1.39 bits per heavy atom. The van der Waals surface area contributed by atoms with Gasteiger partial charge in [-0.25, -0.2) is 0 Å². The number of hydrogen-bond acceptors (Lipinski definition) is 3. The molecule has 2 fully saturated rings. The highest BCUT2D eigenvalue weighted by Crippen LogP contribution is 2.30. The lowest BCUT2D eigenvalue weighted by Gasteiger charge is -2.30. The van der Waals surface area contributed by atoms with Crippen LogP contribution in [0.25, 0.3) is 0 Å². The van der Waals surface area contributed by atoms with Crippen molar-refractivity contribution in [3.05, 3.63) is 22.4 Å². The molecule has 1 saturated carbocycles. The molecule has 1 N–H and O–H groups in total. The maximum Gasteiger partial charge on any atom is 0.240 e. The van der Waals surface area contributed by atoms with E-state index in [1.54, 1.807) is 11.3 Å². The molecular formula is C14H20N2OS. The summed E-state index contributed by atoms with van der Waals surface area (Å²) >= 11 is 1.75. The van der Waals surface area contributed by atoms with Gasteiger partial charge in [0, 0.05) is 10.9 Å². The van der Waals surface area contributed by atoms with Gasteiger partial charge in [0.05, 0.1) is 12.6 Å². The number of thiophene rings is 1. The number of nitrogens with one attached hydrogen (secondary N) is 1. The summed E-state index contributed by atoms with van der Waals surface area (Å²) in [6, 6.07) is 4.76. The molecule has 98 valence electrons. The summed E-state index contributed by atoms with van der Waals surface area (Å²) in [5.41, 5.74) is 0. The molecular weight excluding hydrogens is 244 g/mol. The van der Waals surface area contributed by atoms with Crippen LogP contribution < -0.4 is 5.32 Å². The van der Waals surface area contributed by atoms with Crippen molar-refractivity contribution >= 4 is 17.2 Å². The van der Waals surface area contributed by atoms with Gasteiger partial charge in [-0.2, -0.15) is 0 Å². The van der Waals surface area contributed by atoms with Gasteiger partial charge >= 0.3 is 0 Å². The molecule has 1 aromatic heterocycles. The summed E-state index contributed by atoms with van der Waals surface area (Å²) in [5, 5.41) is 5.46. The van der Waals surface area contributed by atoms with Gasteiger partial charge < -0.3 is 10.2 Å². The van der Waals surface area contributed by atoms with Gasteiger partial charge in [-0.3, -0.25) is 4.79 Å². The molecule has 2 heterocycles. The highest BCUT2D eigenvalue weighted by molar-refractivity contribution is 7.09. The van der Waals surface area contributed by atoms with E-state index in [1.165, 1.54) is 30.6 Å². The zero-order valence-corrected chi connectivity index (χ0v) is 11.4. The molecule has 1 aliphatic heterocycles. The van der Waals surface area contributed by atoms with Crippen molar-refractivity contribution in [3.8, 4) is 0 Å². The normalized spacial score (nSPS) is 23.9. The smallest absolute Gasteiger partial charge is 0.240 e. The lowest BCUT2D eigenvalue weighted by Crippen LogP contribution is -2.49. The fourth-order valence-corrected chi connectivity index (χ4v) is 3.31. The van der Waals surface area contributed by atoms with Gasteiger partial charge in [-0.05, 0) is 43.7 Å². The topological polar surface area (TPSA) is 32.3 Å². The Labute approximate surface area is 112 Å². The Balaban J connectivity index is 1.66. The molecule has 2 aliphatic rings. The average molecular weight is 264 g/mol. The molecule has 0 aromatic carbocycles. The summed E-state index contributed by atoms with van der Waals surface area (Å²) in [7, 11) is 0. The number of piperidine rings is 1. The van der Waals surface area contributed by atoms with E-state index in [1.807, 2.05) is 0 Å². The number of nitrogens with zero attached hydrogens (tertiary/aromatic N) is 1. The zero-order valence-electron chi connectivity index (χ0n) is 10.6. The Morgan fingerprint density at radius 2 is 2.28 bits per heavy atom. The van der Waals surface area contributed by atoms with Crippen molar-refractivity contribution in [2.45, 2.75) is 50.7 Å². The predicted octanol–water partition coefficient (Wildman–Crippen LogP) is 2.38. The number of carbonyl (C=O) groups is 1. The molecule has 4 heteroatoms. The van der Waals surface area contributed by atoms with Crippen LogP contribution in [0.15, 0.2) is 17.5 Å². The monoisotopic (exact) mass is 264 g/mol. The van der Waals surface area contributed by atoms with E-state index in [0.717, 1.165) is 19.5 Å². The van der Waals surface area contributed by atoms with Crippen LogP contribution in [0.5, 0.6) is 0 Å². The van der Waals surface area contributed by atoms with Crippen LogP contribution >= 0.6 is 11.3 Å². The molecule has 1 amide bonds. The van der Waals surface area contributed by atoms with E-state index in [9.17, 15) is 4.79 Å². The molecule has 0 unspecified atom stereocenters. The van der Waals surface area contributed by atoms with Crippen LogP contribution in [0.2, 0.25) is 0 Å². The van der Waals surface area contributed by atoms with Crippen LogP contribution in [-0.4, -0.2) is 29.4 Å². The van der Waals surface area contributed by atoms with E-state index in [2.05, 4.69) is 27.7 Å². The highest BCUT2D eigenvalue weighted by atomic mass is 32.1. The number of rotatable bonds is 4. The lowest BCUT2D eigenvalue weighted by molar-refractivity contribution is -0.135. The Kier molecular flexibility index (Phi) is 3.66. The fraction of sp³-hybridized carbons (Fsp3) is 0.643. The molecule has 1 atom stereocenters. The van der Waals surface area contributed by atoms with E-state index < -0.39 is 0 Å². The van der Waals surface area contributed by atoms with Gasteiger partial charge in [0.15, 0.2) is 0 Å². The third kappa shape index (κ3) is 2.75. The Morgan fingerprint density at radius 3 is 2.89 bits per heavy atom. The fourth-order valence-electron chi connectivity index (χ4n) is 2.61. The van der Waals surface area contributed by atoms with Gasteiger partial charge in [0.25, 0.3) is 0 Å². The minimum Gasteiger partial charge on any atom is -0.333 e. The van der Waals surface area contributed by atoms with Crippen LogP contribution in [0, 0.1) is 0 Å². The van der Waals surface area contributed by atoms with Crippen molar-refractivity contribution in [2.24, 2.45) is 0 Å². The van der Waals surface area contributed by atoms with Crippen molar-refractivity contribution < 1.29 is 4.79 Å². The number of amides is 1. The number of carbonyl (C=O) groups excluding carboxylic acids is 1. The molecule has 0 spiro atoms. The third-order valence-electron chi connectivity index (χ3n) is 3.79. The SMILES string of the molecule is O=C([C@@H]1CCCCN1)N(Cc1cccs1)C1CC1. The highest BCUT2D eigenvalue weighted by Gasteiger charge is 2.36. The van der Waals surface area contributed by atoms with Crippen molar-refractivity contribution in [1.29, 1.82) is 0 Å². The first kappa shape index (κ1) is 12.2. The molecule has 0 radical (unpaired) electrons. The summed E-state index contributed by atoms with van der Waals surface area (Å²) in [5.74, 6) is 0.325. The average Bonchev–Trinajstić information content (AvgIpc) is 3.13. The van der Waals surface area contributed by atoms with Gasteiger partial charge in [0.1, 0.15) is 0 Å². The molecule has 1 aliphatic carbocycles. The van der Waals surface area contributed by atoms with Crippen LogP contribution in [0.4, 0.5) is 0 Å². The first-order valence-electron chi connectivity index (χ1n) is 6.91. The lowest BCUT2D eigenvalue weighted by atomic mass is 10.0. The molecule has 1 aromatic rings. The Bertz CT molecular complexity index is 394. The van der Waals surface area contributed by atoms with Crippen LogP contribution in [0.3, 0.4) is 0 Å². The maximum absolute atomic E-state index is 12.6. The van der Waals surface area contributed by atoms with E-state index in [-0.39, 0.29) is 6.04 Å². The van der Waals surface area contributed by atoms with E-state index >= 15 is 0 Å². The minimum absolute atomic E-state index is 0.0688. The van der Waals surface area contributed by atoms with Gasteiger partial charge in [-0.1, -0.05) is 12.5 Å². The molecule has 1 saturated heterocycles. The first-order valence-corrected chi connectivity index (χ1v) is 7.79. The second-order valence-electron chi connectivity index (χ2n) is 5.28. The number of hydrogen-bond donors (Lipinski definition) is 1. The molecule has 3 rings (SSSR count). The largest absolute Gasteiger partial charge is 0.333 e. The Hall–Kier alpha value is -0.870. The summed E-state index contributed by atoms with van der Waals surface area (Å²) in [6.07, 6.45) is 5.76. The summed E-state index contributed by atoms with van der Waals surface area (Å²) in [6.45, 7) is 1.80. The van der Waals surface area contributed by atoms with Crippen molar-refractivity contribution in [2.75, 3.05) is 6.54 Å². The third-order valence-corrected chi connectivity index (χ3v) is 4.65. The second-order valence-corrected chi connectivity index (χ2v) is 6.31. The van der Waals surface area contributed by atoms with Crippen LogP contribution in [-0.2, 0) is 11.3 Å². The van der Waals surface area contributed by atoms with Gasteiger partial charge in [0.2, 0.25) is 5.91 Å². The standard InChI is InChI=1S/C14H20N2OS/c17-14(13-5-1-2-8-15-13)16(11-6-7-11)10-12-4-3-9-18-12/h3-4,9,11,13,15H,1-2,5-8,10H2/t13-/m0/s1. The molecule has 0 bridgehead atoms. The van der Waals surface area contributed by atoms with Crippen molar-refractivity contribution in [1.82, 2.24) is 10.2 Å². The quantitative estimate of drug-likeness (QED) is 0.905. The minimum atomic E-state index is 0.0688. The van der Waals surface area contributed by atoms with Crippen LogP contribution in [0.1, 0.15) is 37.0 Å². The predicted molar refractivity (Wildman–Crippen MR) is 73.5 cm³/mol. The molecule has 3 nitrogen and oxygen atoms in total. The summed E-state index contributed by atoms with van der Waals surface area (Å²) < 4.78 is 0. The zero-order chi connectivity index (χ0) is 12.4. The van der Waals surface area contributed by atoms with E-state index in [4.69, 9.17) is 0 Å². The maximum atomic E-state index is 12.6.